The van der Waals surface area contributed by atoms with Crippen LogP contribution in [-0.4, -0.2) is 91.4 Å². The van der Waals surface area contributed by atoms with E-state index < -0.39 is 43.2 Å². The van der Waals surface area contributed by atoms with Crippen molar-refractivity contribution in [3.8, 4) is 0 Å². The van der Waals surface area contributed by atoms with Crippen molar-refractivity contribution in [1.29, 1.82) is 0 Å². The number of carbonyl (C=O) groups excluding carboxylic acids is 1. The number of aliphatic hydroxyl groups excluding tert-OH is 3. The number of hydrogen-bond donors (Lipinski definition) is 7. The summed E-state index contributed by atoms with van der Waals surface area (Å²) in [5, 5.41) is 39.9. The van der Waals surface area contributed by atoms with E-state index in [2.05, 4.69) is 35.9 Å². The Labute approximate surface area is 189 Å². The fraction of sp³-hybridized carbons (Fsp3) is 0.429. The SMILES string of the molecule is CN[C@@H](Cc1ccccc1)C(=O)NC1[C@H](CO)O[C@H](Nc2ncnc3nc[nH]c23)[C@@H](O)[C@@H]1O. The van der Waals surface area contributed by atoms with Crippen LogP contribution >= 0.6 is 0 Å². The van der Waals surface area contributed by atoms with Crippen molar-refractivity contribution in [3.63, 3.8) is 0 Å². The fourth-order valence-electron chi connectivity index (χ4n) is 3.87. The van der Waals surface area contributed by atoms with Crippen LogP contribution in [-0.2, 0) is 16.0 Å². The molecule has 1 aromatic carbocycles. The Kier molecular flexibility index (Phi) is 7.11. The average molecular weight is 457 g/mol. The number of fused-ring (bicyclic) bond motifs is 1. The van der Waals surface area contributed by atoms with Gasteiger partial charge in [-0.2, -0.15) is 0 Å². The molecule has 2 aromatic heterocycles. The lowest BCUT2D eigenvalue weighted by atomic mass is 9.94. The van der Waals surface area contributed by atoms with E-state index in [0.29, 0.717) is 23.4 Å². The number of aromatic amines is 1. The van der Waals surface area contributed by atoms with Gasteiger partial charge >= 0.3 is 0 Å². The zero-order valence-corrected chi connectivity index (χ0v) is 17.9. The molecule has 4 rings (SSSR count). The van der Waals surface area contributed by atoms with Gasteiger partial charge in [0.05, 0.1) is 25.0 Å². The molecule has 7 N–H and O–H groups in total. The summed E-state index contributed by atoms with van der Waals surface area (Å²) in [7, 11) is 1.66. The second kappa shape index (κ2) is 10.2. The number of benzene rings is 1. The second-order valence-corrected chi connectivity index (χ2v) is 7.79. The third kappa shape index (κ3) is 4.94. The Bertz CT molecular complexity index is 1060. The van der Waals surface area contributed by atoms with Crippen molar-refractivity contribution in [1.82, 2.24) is 30.6 Å². The van der Waals surface area contributed by atoms with Crippen molar-refractivity contribution >= 4 is 22.9 Å². The van der Waals surface area contributed by atoms with E-state index in [1.165, 1.54) is 12.7 Å². The predicted octanol–water partition coefficient (Wildman–Crippen LogP) is -1.48. The number of ether oxygens (including phenoxy) is 1. The van der Waals surface area contributed by atoms with Gasteiger partial charge in [-0.25, -0.2) is 15.0 Å². The highest BCUT2D eigenvalue weighted by Gasteiger charge is 2.45. The van der Waals surface area contributed by atoms with Gasteiger partial charge in [-0.3, -0.25) is 4.79 Å². The number of amides is 1. The Hall–Kier alpha value is -3.16. The molecule has 6 atom stereocenters. The van der Waals surface area contributed by atoms with E-state index in [0.717, 1.165) is 5.56 Å². The highest BCUT2D eigenvalue weighted by Crippen LogP contribution is 2.24. The summed E-state index contributed by atoms with van der Waals surface area (Å²) < 4.78 is 5.79. The molecule has 1 unspecified atom stereocenters. The quantitative estimate of drug-likeness (QED) is 0.211. The van der Waals surface area contributed by atoms with E-state index in [1.807, 2.05) is 30.3 Å². The molecule has 33 heavy (non-hydrogen) atoms. The van der Waals surface area contributed by atoms with Crippen LogP contribution in [0.5, 0.6) is 0 Å². The first-order valence-corrected chi connectivity index (χ1v) is 10.6. The van der Waals surface area contributed by atoms with Crippen molar-refractivity contribution in [2.75, 3.05) is 19.0 Å². The van der Waals surface area contributed by atoms with Gasteiger partial charge in [-0.05, 0) is 19.0 Å². The number of rotatable bonds is 8. The third-order valence-corrected chi connectivity index (χ3v) is 5.69. The van der Waals surface area contributed by atoms with Gasteiger partial charge in [0, 0.05) is 0 Å². The van der Waals surface area contributed by atoms with Gasteiger partial charge in [0.15, 0.2) is 17.7 Å². The molecule has 0 bridgehead atoms. The van der Waals surface area contributed by atoms with Crippen molar-refractivity contribution in [2.45, 2.75) is 43.0 Å². The smallest absolute Gasteiger partial charge is 0.237 e. The molecule has 1 aliphatic rings. The number of carbonyl (C=O) groups is 1. The van der Waals surface area contributed by atoms with E-state index in [9.17, 15) is 20.1 Å². The molecule has 1 saturated heterocycles. The number of aliphatic hydroxyl groups is 3. The van der Waals surface area contributed by atoms with Crippen LogP contribution in [0.15, 0.2) is 43.0 Å². The highest BCUT2D eigenvalue weighted by atomic mass is 16.5. The van der Waals surface area contributed by atoms with Crippen molar-refractivity contribution in [3.05, 3.63) is 48.5 Å². The fourth-order valence-corrected chi connectivity index (χ4v) is 3.87. The van der Waals surface area contributed by atoms with Crippen LogP contribution in [0.25, 0.3) is 11.2 Å². The van der Waals surface area contributed by atoms with E-state index in [-0.39, 0.29) is 5.91 Å². The maximum atomic E-state index is 12.9. The number of nitrogens with one attached hydrogen (secondary N) is 4. The van der Waals surface area contributed by atoms with E-state index in [4.69, 9.17) is 4.74 Å². The van der Waals surface area contributed by atoms with Crippen LogP contribution in [0.4, 0.5) is 5.82 Å². The average Bonchev–Trinajstić information content (AvgIpc) is 3.32. The van der Waals surface area contributed by atoms with Crippen LogP contribution in [0.2, 0.25) is 0 Å². The Morgan fingerprint density at radius 1 is 1.18 bits per heavy atom. The summed E-state index contributed by atoms with van der Waals surface area (Å²) in [5.74, 6) is -0.0768. The van der Waals surface area contributed by atoms with Crippen molar-refractivity contribution < 1.29 is 24.9 Å². The molecular formula is C21H27N7O5. The lowest BCUT2D eigenvalue weighted by Crippen LogP contribution is -2.67. The maximum absolute atomic E-state index is 12.9. The first kappa shape index (κ1) is 23.0. The van der Waals surface area contributed by atoms with Crippen molar-refractivity contribution in [2.24, 2.45) is 0 Å². The van der Waals surface area contributed by atoms with E-state index in [1.54, 1.807) is 7.05 Å². The molecule has 3 aromatic rings. The van der Waals surface area contributed by atoms with Gasteiger partial charge in [-0.15, -0.1) is 0 Å². The lowest BCUT2D eigenvalue weighted by molar-refractivity contribution is -0.185. The molecule has 12 heteroatoms. The summed E-state index contributed by atoms with van der Waals surface area (Å²) in [4.78, 5) is 28.0. The van der Waals surface area contributed by atoms with Crippen LogP contribution in [0, 0.1) is 0 Å². The Morgan fingerprint density at radius 2 is 1.97 bits per heavy atom. The van der Waals surface area contributed by atoms with Gasteiger partial charge < -0.3 is 41.0 Å². The lowest BCUT2D eigenvalue weighted by Gasteiger charge is -2.43. The highest BCUT2D eigenvalue weighted by molar-refractivity contribution is 5.83. The van der Waals surface area contributed by atoms with Gasteiger partial charge in [0.1, 0.15) is 30.2 Å². The Morgan fingerprint density at radius 3 is 2.70 bits per heavy atom. The molecule has 1 amide bonds. The van der Waals surface area contributed by atoms with Crippen LogP contribution in [0.1, 0.15) is 5.56 Å². The molecule has 176 valence electrons. The molecule has 3 heterocycles. The number of aromatic nitrogens is 4. The normalized spacial score (nSPS) is 26.1. The van der Waals surface area contributed by atoms with Gasteiger partial charge in [0.25, 0.3) is 0 Å². The number of anilines is 1. The summed E-state index contributed by atoms with van der Waals surface area (Å²) >= 11 is 0. The maximum Gasteiger partial charge on any atom is 0.237 e. The molecule has 1 fully saturated rings. The first-order chi connectivity index (χ1) is 16.0. The minimum atomic E-state index is -1.42. The van der Waals surface area contributed by atoms with E-state index >= 15 is 0 Å². The standard InChI is InChI=1S/C21H27N7O5/c1-22-12(7-11-5-3-2-4-6-11)20(32)27-14-13(8-29)33-21(17(31)16(14)30)28-19-15-18(24-9-23-15)25-10-26-19/h2-6,9-10,12-14,16-17,21-22,29-31H,7-8H2,1H3,(H,27,32)(H2,23,24,25,26,28)/t12-,13-,14?,16+,17-,21-/m0/s1. The number of nitrogens with zero attached hydrogens (tertiary/aromatic N) is 3. The number of imidazole rings is 1. The molecule has 0 saturated carbocycles. The topological polar surface area (TPSA) is 178 Å². The van der Waals surface area contributed by atoms with Gasteiger partial charge in [0.2, 0.25) is 5.91 Å². The monoisotopic (exact) mass is 457 g/mol. The minimum absolute atomic E-state index is 0.311. The molecule has 0 aliphatic carbocycles. The largest absolute Gasteiger partial charge is 0.394 e. The summed E-state index contributed by atoms with van der Waals surface area (Å²) in [6.07, 6.45) is -1.73. The minimum Gasteiger partial charge on any atom is -0.394 e. The summed E-state index contributed by atoms with van der Waals surface area (Å²) in [6.45, 7) is -0.487. The van der Waals surface area contributed by atoms with Gasteiger partial charge in [-0.1, -0.05) is 30.3 Å². The molecule has 12 nitrogen and oxygen atoms in total. The molecular weight excluding hydrogens is 430 g/mol. The van der Waals surface area contributed by atoms with Crippen LogP contribution < -0.4 is 16.0 Å². The Balaban J connectivity index is 1.45. The number of likely N-dealkylation sites (N-methyl/N-ethyl adjacent to an activating group) is 1. The first-order valence-electron chi connectivity index (χ1n) is 10.6. The number of hydrogen-bond acceptors (Lipinski definition) is 10. The third-order valence-electron chi connectivity index (χ3n) is 5.69. The molecule has 1 aliphatic heterocycles. The summed E-state index contributed by atoms with van der Waals surface area (Å²) in [6, 6.07) is 7.88. The molecule has 0 radical (unpaired) electrons. The summed E-state index contributed by atoms with van der Waals surface area (Å²) in [5.41, 5.74) is 1.88. The van der Waals surface area contributed by atoms with Crippen LogP contribution in [0.3, 0.4) is 0 Å². The molecule has 0 spiro atoms. The zero-order valence-electron chi connectivity index (χ0n) is 17.9. The zero-order chi connectivity index (χ0) is 23.4. The number of H-pyrrole nitrogens is 1. The second-order valence-electron chi connectivity index (χ2n) is 7.79. The predicted molar refractivity (Wildman–Crippen MR) is 118 cm³/mol.